The average Bonchev–Trinajstić information content (AvgIpc) is 3.14. The van der Waals surface area contributed by atoms with Gasteiger partial charge in [0.2, 0.25) is 0 Å². The number of rotatable bonds is 7. The number of benzene rings is 1. The molecule has 1 aromatic carbocycles. The van der Waals surface area contributed by atoms with Crippen LogP contribution in [0.5, 0.6) is 0 Å². The van der Waals surface area contributed by atoms with Gasteiger partial charge < -0.3 is 10.1 Å². The number of ether oxygens (including phenoxy) is 1. The van der Waals surface area contributed by atoms with Gasteiger partial charge in [0, 0.05) is 13.2 Å². The van der Waals surface area contributed by atoms with Gasteiger partial charge in [0.05, 0.1) is 6.61 Å². The predicted octanol–water partition coefficient (Wildman–Crippen LogP) is 2.94. The Morgan fingerprint density at radius 1 is 1.29 bits per heavy atom. The summed E-state index contributed by atoms with van der Waals surface area (Å²) in [6, 6.07) is 8.82. The highest BCUT2D eigenvalue weighted by Crippen LogP contribution is 2.29. The van der Waals surface area contributed by atoms with Gasteiger partial charge in [-0.2, -0.15) is 0 Å². The van der Waals surface area contributed by atoms with Crippen molar-refractivity contribution in [1.29, 1.82) is 0 Å². The van der Waals surface area contributed by atoms with Crippen molar-refractivity contribution in [2.24, 2.45) is 5.92 Å². The van der Waals surface area contributed by atoms with Crippen LogP contribution >= 0.6 is 0 Å². The summed E-state index contributed by atoms with van der Waals surface area (Å²) in [6.45, 7) is 4.97. The minimum absolute atomic E-state index is 0.571. The molecule has 1 aromatic rings. The topological polar surface area (TPSA) is 21.3 Å². The standard InChI is InChI=1S/C15H23NO/c1-12(9-16-2)15-7-5-14(6-8-15)11-17-10-13-3-4-13/h5-8,12-13,16H,3-4,9-11H2,1-2H3. The van der Waals surface area contributed by atoms with E-state index in [4.69, 9.17) is 4.74 Å². The van der Waals surface area contributed by atoms with Gasteiger partial charge >= 0.3 is 0 Å². The Balaban J connectivity index is 1.79. The molecule has 1 aliphatic rings. The van der Waals surface area contributed by atoms with Gasteiger partial charge in [-0.1, -0.05) is 31.2 Å². The summed E-state index contributed by atoms with van der Waals surface area (Å²) >= 11 is 0. The van der Waals surface area contributed by atoms with Crippen LogP contribution in [0.4, 0.5) is 0 Å². The van der Waals surface area contributed by atoms with E-state index >= 15 is 0 Å². The first-order valence-corrected chi connectivity index (χ1v) is 6.60. The van der Waals surface area contributed by atoms with Crippen molar-refractivity contribution in [3.8, 4) is 0 Å². The summed E-state index contributed by atoms with van der Waals surface area (Å²) in [7, 11) is 2.00. The Hall–Kier alpha value is -0.860. The van der Waals surface area contributed by atoms with Crippen LogP contribution in [-0.4, -0.2) is 20.2 Å². The SMILES string of the molecule is CNCC(C)c1ccc(COCC2CC2)cc1. The molecule has 1 atom stereocenters. The third-order valence-corrected chi connectivity index (χ3v) is 3.38. The maximum Gasteiger partial charge on any atom is 0.0717 e. The molecule has 0 amide bonds. The van der Waals surface area contributed by atoms with E-state index in [-0.39, 0.29) is 0 Å². The molecule has 0 saturated heterocycles. The molecule has 0 spiro atoms. The molecule has 1 N–H and O–H groups in total. The minimum atomic E-state index is 0.571. The fraction of sp³-hybridized carbons (Fsp3) is 0.600. The third-order valence-electron chi connectivity index (χ3n) is 3.38. The van der Waals surface area contributed by atoms with Gasteiger partial charge in [-0.3, -0.25) is 0 Å². The van der Waals surface area contributed by atoms with E-state index in [0.717, 1.165) is 25.7 Å². The lowest BCUT2D eigenvalue weighted by atomic mass is 10.00. The molecule has 1 fully saturated rings. The molecule has 1 unspecified atom stereocenters. The quantitative estimate of drug-likeness (QED) is 0.782. The van der Waals surface area contributed by atoms with E-state index < -0.39 is 0 Å². The summed E-state index contributed by atoms with van der Waals surface area (Å²) < 4.78 is 5.68. The zero-order valence-corrected chi connectivity index (χ0v) is 10.9. The summed E-state index contributed by atoms with van der Waals surface area (Å²) in [5, 5.41) is 3.21. The first kappa shape index (κ1) is 12.6. The first-order valence-electron chi connectivity index (χ1n) is 6.60. The van der Waals surface area contributed by atoms with Crippen molar-refractivity contribution in [3.63, 3.8) is 0 Å². The van der Waals surface area contributed by atoms with Gasteiger partial charge in [-0.05, 0) is 42.9 Å². The maximum absolute atomic E-state index is 5.68. The summed E-state index contributed by atoms with van der Waals surface area (Å²) in [5.41, 5.74) is 2.68. The van der Waals surface area contributed by atoms with Crippen LogP contribution in [0.1, 0.15) is 36.8 Å². The van der Waals surface area contributed by atoms with Crippen molar-refractivity contribution in [3.05, 3.63) is 35.4 Å². The average molecular weight is 233 g/mol. The molecular weight excluding hydrogens is 210 g/mol. The smallest absolute Gasteiger partial charge is 0.0717 e. The van der Waals surface area contributed by atoms with E-state index in [1.807, 2.05) is 7.05 Å². The van der Waals surface area contributed by atoms with Gasteiger partial charge in [-0.15, -0.1) is 0 Å². The van der Waals surface area contributed by atoms with E-state index in [1.54, 1.807) is 0 Å². The summed E-state index contributed by atoms with van der Waals surface area (Å²) in [5.74, 6) is 1.42. The van der Waals surface area contributed by atoms with Crippen LogP contribution in [0.25, 0.3) is 0 Å². The van der Waals surface area contributed by atoms with Crippen LogP contribution in [0.2, 0.25) is 0 Å². The first-order chi connectivity index (χ1) is 8.29. The van der Waals surface area contributed by atoms with E-state index in [9.17, 15) is 0 Å². The van der Waals surface area contributed by atoms with Gasteiger partial charge in [0.25, 0.3) is 0 Å². The largest absolute Gasteiger partial charge is 0.376 e. The Morgan fingerprint density at radius 2 is 2.00 bits per heavy atom. The van der Waals surface area contributed by atoms with Gasteiger partial charge in [-0.25, -0.2) is 0 Å². The molecule has 0 heterocycles. The molecule has 2 heteroatoms. The number of nitrogens with one attached hydrogen (secondary N) is 1. The molecule has 94 valence electrons. The highest BCUT2D eigenvalue weighted by Gasteiger charge is 2.20. The molecule has 2 rings (SSSR count). The Labute approximate surface area is 104 Å². The Morgan fingerprint density at radius 3 is 2.59 bits per heavy atom. The van der Waals surface area contributed by atoms with Crippen molar-refractivity contribution in [1.82, 2.24) is 5.32 Å². The molecular formula is C15H23NO. The lowest BCUT2D eigenvalue weighted by molar-refractivity contribution is 0.111. The van der Waals surface area contributed by atoms with Crippen LogP contribution in [0.15, 0.2) is 24.3 Å². The fourth-order valence-corrected chi connectivity index (χ4v) is 1.99. The van der Waals surface area contributed by atoms with E-state index in [1.165, 1.54) is 24.0 Å². The van der Waals surface area contributed by atoms with Crippen LogP contribution in [0, 0.1) is 5.92 Å². The zero-order valence-electron chi connectivity index (χ0n) is 10.9. The number of likely N-dealkylation sites (N-methyl/N-ethyl adjacent to an activating group) is 1. The second-order valence-electron chi connectivity index (χ2n) is 5.16. The zero-order chi connectivity index (χ0) is 12.1. The molecule has 17 heavy (non-hydrogen) atoms. The molecule has 0 aliphatic heterocycles. The molecule has 1 saturated carbocycles. The molecule has 2 nitrogen and oxygen atoms in total. The highest BCUT2D eigenvalue weighted by atomic mass is 16.5. The highest BCUT2D eigenvalue weighted by molar-refractivity contribution is 5.24. The van der Waals surface area contributed by atoms with E-state index in [0.29, 0.717) is 5.92 Å². The molecule has 0 aromatic heterocycles. The van der Waals surface area contributed by atoms with Crippen molar-refractivity contribution in [2.75, 3.05) is 20.2 Å². The van der Waals surface area contributed by atoms with Gasteiger partial charge in [0.15, 0.2) is 0 Å². The second-order valence-corrected chi connectivity index (χ2v) is 5.16. The van der Waals surface area contributed by atoms with Crippen LogP contribution in [0.3, 0.4) is 0 Å². The normalized spacial score (nSPS) is 17.1. The van der Waals surface area contributed by atoms with E-state index in [2.05, 4.69) is 36.5 Å². The van der Waals surface area contributed by atoms with Crippen LogP contribution < -0.4 is 5.32 Å². The lowest BCUT2D eigenvalue weighted by Gasteiger charge is -2.11. The maximum atomic E-state index is 5.68. The summed E-state index contributed by atoms with van der Waals surface area (Å²) in [6.07, 6.45) is 2.72. The molecule has 0 radical (unpaired) electrons. The van der Waals surface area contributed by atoms with Gasteiger partial charge in [0.1, 0.15) is 0 Å². The summed E-state index contributed by atoms with van der Waals surface area (Å²) in [4.78, 5) is 0. The second kappa shape index (κ2) is 6.18. The Bertz CT molecular complexity index is 329. The van der Waals surface area contributed by atoms with Crippen molar-refractivity contribution in [2.45, 2.75) is 32.3 Å². The Kier molecular flexibility index (Phi) is 4.57. The van der Waals surface area contributed by atoms with Crippen molar-refractivity contribution >= 4 is 0 Å². The number of hydrogen-bond acceptors (Lipinski definition) is 2. The fourth-order valence-electron chi connectivity index (χ4n) is 1.99. The number of hydrogen-bond donors (Lipinski definition) is 1. The monoisotopic (exact) mass is 233 g/mol. The third kappa shape index (κ3) is 4.14. The molecule has 0 bridgehead atoms. The van der Waals surface area contributed by atoms with Crippen molar-refractivity contribution < 1.29 is 4.74 Å². The minimum Gasteiger partial charge on any atom is -0.376 e. The molecule has 1 aliphatic carbocycles. The van der Waals surface area contributed by atoms with Crippen LogP contribution in [-0.2, 0) is 11.3 Å². The predicted molar refractivity (Wildman–Crippen MR) is 71.2 cm³/mol. The lowest BCUT2D eigenvalue weighted by Crippen LogP contribution is -2.14.